The van der Waals surface area contributed by atoms with Crippen molar-refractivity contribution in [2.45, 2.75) is 12.7 Å². The van der Waals surface area contributed by atoms with E-state index in [1.165, 1.54) is 31.3 Å². The number of rotatable bonds is 2. The smallest absolute Gasteiger partial charge is 0.347 e. The van der Waals surface area contributed by atoms with E-state index in [1.54, 1.807) is 0 Å². The van der Waals surface area contributed by atoms with Gasteiger partial charge >= 0.3 is 11.9 Å². The summed E-state index contributed by atoms with van der Waals surface area (Å²) in [5.74, 6) is -0.528. The molecule has 20 heavy (non-hydrogen) atoms. The summed E-state index contributed by atoms with van der Waals surface area (Å²) in [5.41, 5.74) is -2.34. The Balaban J connectivity index is 2.64. The summed E-state index contributed by atoms with van der Waals surface area (Å²) in [4.78, 5) is 24.7. The van der Waals surface area contributed by atoms with Gasteiger partial charge < -0.3 is 4.90 Å². The minimum atomic E-state index is -4.71. The fourth-order valence-corrected chi connectivity index (χ4v) is 1.65. The molecule has 2 heterocycles. The van der Waals surface area contributed by atoms with Gasteiger partial charge in [0, 0.05) is 20.3 Å². The van der Waals surface area contributed by atoms with Gasteiger partial charge in [0.05, 0.1) is 5.52 Å². The summed E-state index contributed by atoms with van der Waals surface area (Å²) in [6.07, 6.45) is -3.51. The molecular weight excluding hydrogens is 277 g/mol. The standard InChI is InChI=1S/C11H11F3N4O2/c1-16(2)8(19)6-18-10(20)17-5-3-4-7(17)9(15-18)11(12,13)14/h3-5H,6H2,1-2H3. The minimum absolute atomic E-state index is 0.337. The van der Waals surface area contributed by atoms with Crippen LogP contribution in [0.1, 0.15) is 5.69 Å². The number of alkyl halides is 3. The van der Waals surface area contributed by atoms with Crippen LogP contribution in [-0.4, -0.2) is 39.1 Å². The second-order valence-electron chi connectivity index (χ2n) is 4.34. The zero-order valence-corrected chi connectivity index (χ0v) is 10.7. The van der Waals surface area contributed by atoms with Crippen LogP contribution in [0.25, 0.3) is 5.52 Å². The van der Waals surface area contributed by atoms with Gasteiger partial charge in [0.25, 0.3) is 0 Å². The largest absolute Gasteiger partial charge is 0.437 e. The lowest BCUT2D eigenvalue weighted by Crippen LogP contribution is -2.37. The van der Waals surface area contributed by atoms with Gasteiger partial charge in [-0.15, -0.1) is 0 Å². The van der Waals surface area contributed by atoms with Crippen molar-refractivity contribution in [2.24, 2.45) is 0 Å². The molecule has 108 valence electrons. The number of carbonyl (C=O) groups is 1. The third kappa shape index (κ3) is 2.38. The van der Waals surface area contributed by atoms with Crippen LogP contribution in [0.2, 0.25) is 0 Å². The maximum atomic E-state index is 12.9. The van der Waals surface area contributed by atoms with E-state index in [1.807, 2.05) is 0 Å². The van der Waals surface area contributed by atoms with Crippen molar-refractivity contribution in [3.05, 3.63) is 34.5 Å². The number of aromatic nitrogens is 3. The SMILES string of the molecule is CN(C)C(=O)Cn1nc(C(F)(F)F)c2cccn2c1=O. The van der Waals surface area contributed by atoms with Crippen LogP contribution in [-0.2, 0) is 17.5 Å². The van der Waals surface area contributed by atoms with Crippen LogP contribution in [0.5, 0.6) is 0 Å². The predicted molar refractivity (Wildman–Crippen MR) is 63.1 cm³/mol. The third-order valence-electron chi connectivity index (χ3n) is 2.69. The van der Waals surface area contributed by atoms with E-state index in [2.05, 4.69) is 5.10 Å². The molecule has 0 unspecified atom stereocenters. The predicted octanol–water partition coefficient (Wildman–Crippen LogP) is 0.603. The molecule has 0 aliphatic carbocycles. The summed E-state index contributed by atoms with van der Waals surface area (Å²) in [6, 6.07) is 2.46. The normalized spacial score (nSPS) is 11.8. The van der Waals surface area contributed by atoms with Crippen molar-refractivity contribution >= 4 is 11.4 Å². The number of fused-ring (bicyclic) bond motifs is 1. The van der Waals surface area contributed by atoms with Gasteiger partial charge in [-0.3, -0.25) is 9.20 Å². The highest BCUT2D eigenvalue weighted by atomic mass is 19.4. The first-order chi connectivity index (χ1) is 9.21. The molecule has 1 amide bonds. The Morgan fingerprint density at radius 3 is 2.60 bits per heavy atom. The molecule has 0 aromatic carbocycles. The lowest BCUT2D eigenvalue weighted by molar-refractivity contribution is -0.142. The second kappa shape index (κ2) is 4.66. The van der Waals surface area contributed by atoms with Crippen LogP contribution < -0.4 is 5.69 Å². The van der Waals surface area contributed by atoms with Crippen LogP contribution in [0.3, 0.4) is 0 Å². The summed E-state index contributed by atoms with van der Waals surface area (Å²) in [6.45, 7) is -0.553. The Kier molecular flexibility index (Phi) is 3.28. The average molecular weight is 288 g/mol. The Hall–Kier alpha value is -2.32. The number of carbonyl (C=O) groups excluding carboxylic acids is 1. The van der Waals surface area contributed by atoms with E-state index >= 15 is 0 Å². The third-order valence-corrected chi connectivity index (χ3v) is 2.69. The monoisotopic (exact) mass is 288 g/mol. The van der Waals surface area contributed by atoms with Crippen molar-refractivity contribution < 1.29 is 18.0 Å². The van der Waals surface area contributed by atoms with Gasteiger partial charge in [-0.05, 0) is 12.1 Å². The summed E-state index contributed by atoms with van der Waals surface area (Å²) < 4.78 is 40.1. The van der Waals surface area contributed by atoms with E-state index in [0.717, 1.165) is 10.5 Å². The molecule has 0 N–H and O–H groups in total. The average Bonchev–Trinajstić information content (AvgIpc) is 2.80. The molecule has 6 nitrogen and oxygen atoms in total. The lowest BCUT2D eigenvalue weighted by atomic mass is 10.3. The maximum absolute atomic E-state index is 12.9. The molecule has 0 saturated heterocycles. The molecule has 0 radical (unpaired) electrons. The van der Waals surface area contributed by atoms with Gasteiger partial charge in [0.1, 0.15) is 6.54 Å². The molecule has 2 aromatic heterocycles. The second-order valence-corrected chi connectivity index (χ2v) is 4.34. The molecule has 0 saturated carbocycles. The molecule has 0 aliphatic heterocycles. The molecule has 0 bridgehead atoms. The summed E-state index contributed by atoms with van der Waals surface area (Å²) >= 11 is 0. The van der Waals surface area contributed by atoms with Crippen LogP contribution >= 0.6 is 0 Å². The van der Waals surface area contributed by atoms with E-state index in [0.29, 0.717) is 4.68 Å². The van der Waals surface area contributed by atoms with Crippen molar-refractivity contribution in [2.75, 3.05) is 14.1 Å². The van der Waals surface area contributed by atoms with Gasteiger partial charge in [0.15, 0.2) is 5.69 Å². The Bertz CT molecular complexity index is 715. The molecular formula is C11H11F3N4O2. The van der Waals surface area contributed by atoms with Gasteiger partial charge in [-0.1, -0.05) is 0 Å². The zero-order valence-electron chi connectivity index (χ0n) is 10.7. The highest BCUT2D eigenvalue weighted by Gasteiger charge is 2.36. The maximum Gasteiger partial charge on any atom is 0.437 e. The number of halogens is 3. The van der Waals surface area contributed by atoms with Gasteiger partial charge in [-0.2, -0.15) is 18.3 Å². The highest BCUT2D eigenvalue weighted by molar-refractivity contribution is 5.75. The first-order valence-electron chi connectivity index (χ1n) is 5.57. The Labute approximate surface area is 111 Å². The van der Waals surface area contributed by atoms with Gasteiger partial charge in [0.2, 0.25) is 5.91 Å². The van der Waals surface area contributed by atoms with Crippen molar-refractivity contribution in [3.63, 3.8) is 0 Å². The van der Waals surface area contributed by atoms with Crippen LogP contribution in [0.15, 0.2) is 23.1 Å². The number of hydrogen-bond acceptors (Lipinski definition) is 3. The molecule has 9 heteroatoms. The summed E-state index contributed by atoms with van der Waals surface area (Å²) in [5, 5.41) is 3.28. The van der Waals surface area contributed by atoms with Crippen LogP contribution in [0.4, 0.5) is 13.2 Å². The van der Waals surface area contributed by atoms with E-state index < -0.39 is 30.0 Å². The molecule has 0 spiro atoms. The fraction of sp³-hybridized carbons (Fsp3) is 0.364. The molecule has 0 atom stereocenters. The Morgan fingerprint density at radius 1 is 1.40 bits per heavy atom. The van der Waals surface area contributed by atoms with E-state index in [-0.39, 0.29) is 5.52 Å². The number of hydrogen-bond donors (Lipinski definition) is 0. The first kappa shape index (κ1) is 14.1. The van der Waals surface area contributed by atoms with Gasteiger partial charge in [-0.25, -0.2) is 9.48 Å². The number of likely N-dealkylation sites (N-methyl/N-ethyl adjacent to an activating group) is 1. The molecule has 0 fully saturated rings. The minimum Gasteiger partial charge on any atom is -0.347 e. The number of nitrogens with zero attached hydrogens (tertiary/aromatic N) is 4. The number of amides is 1. The topological polar surface area (TPSA) is 59.6 Å². The van der Waals surface area contributed by atoms with Crippen molar-refractivity contribution in [1.82, 2.24) is 19.1 Å². The van der Waals surface area contributed by atoms with Crippen LogP contribution in [0, 0.1) is 0 Å². The molecule has 0 aliphatic rings. The Morgan fingerprint density at radius 2 is 2.05 bits per heavy atom. The zero-order chi connectivity index (χ0) is 15.1. The molecule has 2 aromatic rings. The lowest BCUT2D eigenvalue weighted by Gasteiger charge is -2.14. The quantitative estimate of drug-likeness (QED) is 0.813. The molecule has 2 rings (SSSR count). The fourth-order valence-electron chi connectivity index (χ4n) is 1.65. The first-order valence-corrected chi connectivity index (χ1v) is 5.57. The highest BCUT2D eigenvalue weighted by Crippen LogP contribution is 2.29. The van der Waals surface area contributed by atoms with Crippen molar-refractivity contribution in [3.8, 4) is 0 Å². The van der Waals surface area contributed by atoms with E-state index in [4.69, 9.17) is 0 Å². The van der Waals surface area contributed by atoms with E-state index in [9.17, 15) is 22.8 Å². The summed E-state index contributed by atoms with van der Waals surface area (Å²) in [7, 11) is 2.87. The van der Waals surface area contributed by atoms with Crippen molar-refractivity contribution in [1.29, 1.82) is 0 Å².